The zero-order chi connectivity index (χ0) is 11.8. The fourth-order valence-corrected chi connectivity index (χ4v) is 1.23. The molecule has 5 heteroatoms. The lowest BCUT2D eigenvalue weighted by Gasteiger charge is -2.18. The van der Waals surface area contributed by atoms with Gasteiger partial charge in [0.05, 0.1) is 0 Å². The van der Waals surface area contributed by atoms with E-state index in [1.54, 1.807) is 18.9 Å². The highest BCUT2D eigenvalue weighted by atomic mass is 16.4. The monoisotopic (exact) mass is 216 g/mol. The van der Waals surface area contributed by atoms with E-state index in [1.165, 1.54) is 0 Å². The largest absolute Gasteiger partial charge is 0.481 e. The van der Waals surface area contributed by atoms with E-state index >= 15 is 0 Å². The van der Waals surface area contributed by atoms with Gasteiger partial charge in [-0.05, 0) is 13.0 Å². The van der Waals surface area contributed by atoms with Gasteiger partial charge in [0.25, 0.3) is 0 Å². The minimum atomic E-state index is -0.854. The quantitative estimate of drug-likeness (QED) is 0.636. The molecule has 0 saturated heterocycles. The molecular weight excluding hydrogens is 196 g/mol. The highest BCUT2D eigenvalue weighted by Crippen LogP contribution is 2.08. The Hall–Kier alpha value is -1.10. The summed E-state index contributed by atoms with van der Waals surface area (Å²) >= 11 is 0. The van der Waals surface area contributed by atoms with Crippen LogP contribution < -0.4 is 5.32 Å². The van der Waals surface area contributed by atoms with Crippen molar-refractivity contribution in [1.29, 1.82) is 0 Å². The second kappa shape index (κ2) is 7.23. The van der Waals surface area contributed by atoms with Gasteiger partial charge in [-0.3, -0.25) is 9.59 Å². The molecular formula is C10H20N2O3. The normalized spacial score (nSPS) is 12.2. The zero-order valence-corrected chi connectivity index (χ0v) is 9.62. The number of hydrogen-bond acceptors (Lipinski definition) is 3. The van der Waals surface area contributed by atoms with E-state index in [4.69, 9.17) is 5.11 Å². The molecule has 0 fully saturated rings. The molecule has 1 atom stereocenters. The highest BCUT2D eigenvalue weighted by molar-refractivity contribution is 5.77. The van der Waals surface area contributed by atoms with Gasteiger partial charge in [0.15, 0.2) is 0 Å². The van der Waals surface area contributed by atoms with E-state index in [2.05, 4.69) is 5.32 Å². The third kappa shape index (κ3) is 6.90. The first kappa shape index (κ1) is 13.9. The molecule has 88 valence electrons. The SMILES string of the molecule is CNCCN(C)C(=O)CC(C)CC(=O)O. The molecule has 5 nitrogen and oxygen atoms in total. The van der Waals surface area contributed by atoms with Crippen molar-refractivity contribution < 1.29 is 14.7 Å². The number of nitrogens with zero attached hydrogens (tertiary/aromatic N) is 1. The lowest BCUT2D eigenvalue weighted by Crippen LogP contribution is -2.33. The van der Waals surface area contributed by atoms with Crippen LogP contribution in [0.5, 0.6) is 0 Å². The van der Waals surface area contributed by atoms with Crippen LogP contribution in [-0.4, -0.2) is 49.1 Å². The average Bonchev–Trinajstić information content (AvgIpc) is 2.12. The molecule has 0 spiro atoms. The standard InChI is InChI=1S/C10H20N2O3/c1-8(7-10(14)15)6-9(13)12(3)5-4-11-2/h8,11H,4-7H2,1-3H3,(H,14,15). The molecule has 0 bridgehead atoms. The summed E-state index contributed by atoms with van der Waals surface area (Å²) in [5.41, 5.74) is 0. The van der Waals surface area contributed by atoms with E-state index in [0.29, 0.717) is 13.0 Å². The maximum absolute atomic E-state index is 11.5. The smallest absolute Gasteiger partial charge is 0.303 e. The van der Waals surface area contributed by atoms with Crippen LogP contribution in [0.3, 0.4) is 0 Å². The minimum Gasteiger partial charge on any atom is -0.481 e. The van der Waals surface area contributed by atoms with Gasteiger partial charge in [-0.2, -0.15) is 0 Å². The van der Waals surface area contributed by atoms with Crippen molar-refractivity contribution in [3.8, 4) is 0 Å². The highest BCUT2D eigenvalue weighted by Gasteiger charge is 2.15. The number of nitrogens with one attached hydrogen (secondary N) is 1. The van der Waals surface area contributed by atoms with Gasteiger partial charge in [-0.1, -0.05) is 6.92 Å². The van der Waals surface area contributed by atoms with Crippen molar-refractivity contribution >= 4 is 11.9 Å². The predicted octanol–water partition coefficient (Wildman–Crippen LogP) is 0.165. The van der Waals surface area contributed by atoms with Gasteiger partial charge in [-0.15, -0.1) is 0 Å². The van der Waals surface area contributed by atoms with E-state index in [0.717, 1.165) is 6.54 Å². The molecule has 0 saturated carbocycles. The molecule has 0 heterocycles. The molecule has 0 aliphatic heterocycles. The Bertz CT molecular complexity index is 219. The summed E-state index contributed by atoms with van der Waals surface area (Å²) in [6, 6.07) is 0. The van der Waals surface area contributed by atoms with Crippen LogP contribution in [0.15, 0.2) is 0 Å². The molecule has 0 aliphatic rings. The minimum absolute atomic E-state index is 0.000926. The van der Waals surface area contributed by atoms with E-state index < -0.39 is 5.97 Å². The Morgan fingerprint density at radius 2 is 2.00 bits per heavy atom. The first-order chi connectivity index (χ1) is 6.97. The fourth-order valence-electron chi connectivity index (χ4n) is 1.23. The van der Waals surface area contributed by atoms with Crippen LogP contribution in [0.4, 0.5) is 0 Å². The third-order valence-corrected chi connectivity index (χ3v) is 2.17. The van der Waals surface area contributed by atoms with Crippen molar-refractivity contribution in [1.82, 2.24) is 10.2 Å². The Kier molecular flexibility index (Phi) is 6.70. The summed E-state index contributed by atoms with van der Waals surface area (Å²) in [5.74, 6) is -0.959. The molecule has 15 heavy (non-hydrogen) atoms. The summed E-state index contributed by atoms with van der Waals surface area (Å²) in [4.78, 5) is 23.6. The molecule has 1 unspecified atom stereocenters. The van der Waals surface area contributed by atoms with Crippen molar-refractivity contribution in [2.75, 3.05) is 27.2 Å². The van der Waals surface area contributed by atoms with Crippen LogP contribution in [-0.2, 0) is 9.59 Å². The van der Waals surface area contributed by atoms with Crippen molar-refractivity contribution in [3.63, 3.8) is 0 Å². The van der Waals surface area contributed by atoms with Gasteiger partial charge in [0, 0.05) is 33.0 Å². The van der Waals surface area contributed by atoms with Gasteiger partial charge in [0.1, 0.15) is 0 Å². The van der Waals surface area contributed by atoms with E-state index in [1.807, 2.05) is 7.05 Å². The summed E-state index contributed by atoms with van der Waals surface area (Å²) in [6.45, 7) is 3.17. The Balaban J connectivity index is 3.85. The number of carbonyl (C=O) groups excluding carboxylic acids is 1. The topological polar surface area (TPSA) is 69.6 Å². The summed E-state index contributed by atoms with van der Waals surface area (Å²) in [6.07, 6.45) is 0.345. The van der Waals surface area contributed by atoms with Gasteiger partial charge in [0.2, 0.25) is 5.91 Å². The second-order valence-electron chi connectivity index (χ2n) is 3.83. The van der Waals surface area contributed by atoms with Gasteiger partial charge in [-0.25, -0.2) is 0 Å². The van der Waals surface area contributed by atoms with Crippen molar-refractivity contribution in [3.05, 3.63) is 0 Å². The summed E-state index contributed by atoms with van der Waals surface area (Å²) in [5, 5.41) is 11.5. The van der Waals surface area contributed by atoms with Crippen molar-refractivity contribution in [2.24, 2.45) is 5.92 Å². The molecule has 0 radical (unpaired) electrons. The molecule has 0 rings (SSSR count). The first-order valence-corrected chi connectivity index (χ1v) is 5.07. The molecule has 0 aromatic rings. The van der Waals surface area contributed by atoms with Crippen LogP contribution in [0, 0.1) is 5.92 Å². The Morgan fingerprint density at radius 3 is 2.47 bits per heavy atom. The lowest BCUT2D eigenvalue weighted by atomic mass is 10.0. The number of carbonyl (C=O) groups is 2. The maximum atomic E-state index is 11.5. The summed E-state index contributed by atoms with van der Waals surface area (Å²) in [7, 11) is 3.55. The van der Waals surface area contributed by atoms with E-state index in [9.17, 15) is 9.59 Å². The number of amides is 1. The van der Waals surface area contributed by atoms with Crippen LogP contribution >= 0.6 is 0 Å². The number of hydrogen-bond donors (Lipinski definition) is 2. The first-order valence-electron chi connectivity index (χ1n) is 5.07. The van der Waals surface area contributed by atoms with Crippen molar-refractivity contribution in [2.45, 2.75) is 19.8 Å². The Morgan fingerprint density at radius 1 is 1.40 bits per heavy atom. The average molecular weight is 216 g/mol. The Labute approximate surface area is 90.5 Å². The van der Waals surface area contributed by atoms with E-state index in [-0.39, 0.29) is 18.2 Å². The number of rotatable bonds is 7. The van der Waals surface area contributed by atoms with Crippen LogP contribution in [0.1, 0.15) is 19.8 Å². The molecule has 0 aliphatic carbocycles. The fraction of sp³-hybridized carbons (Fsp3) is 0.800. The molecule has 0 aromatic heterocycles. The number of likely N-dealkylation sites (N-methyl/N-ethyl adjacent to an activating group) is 2. The van der Waals surface area contributed by atoms with Gasteiger partial charge < -0.3 is 15.3 Å². The van der Waals surface area contributed by atoms with Crippen LogP contribution in [0.2, 0.25) is 0 Å². The zero-order valence-electron chi connectivity index (χ0n) is 9.62. The summed E-state index contributed by atoms with van der Waals surface area (Å²) < 4.78 is 0. The number of carboxylic acid groups (broad SMARTS) is 1. The van der Waals surface area contributed by atoms with Crippen LogP contribution in [0.25, 0.3) is 0 Å². The second-order valence-corrected chi connectivity index (χ2v) is 3.83. The molecule has 1 amide bonds. The number of carboxylic acids is 1. The van der Waals surface area contributed by atoms with Gasteiger partial charge >= 0.3 is 5.97 Å². The molecule has 0 aromatic carbocycles. The maximum Gasteiger partial charge on any atom is 0.303 e. The number of aliphatic carboxylic acids is 1. The predicted molar refractivity (Wildman–Crippen MR) is 57.6 cm³/mol. The molecule has 2 N–H and O–H groups in total. The lowest BCUT2D eigenvalue weighted by molar-refractivity contribution is -0.138. The third-order valence-electron chi connectivity index (χ3n) is 2.17.